The molecule has 1 fully saturated rings. The van der Waals surface area contributed by atoms with E-state index in [0.717, 1.165) is 28.1 Å². The van der Waals surface area contributed by atoms with Gasteiger partial charge in [-0.2, -0.15) is 0 Å². The third-order valence-electron chi connectivity index (χ3n) is 4.49. The number of imide groups is 1. The number of nitrogens with zero attached hydrogens (tertiary/aromatic N) is 1. The van der Waals surface area contributed by atoms with E-state index in [1.165, 1.54) is 17.0 Å². The number of carbonyl (C=O) groups excluding carboxylic acids is 2. The number of carboxylic acid groups (broad SMARTS) is 1. The first-order chi connectivity index (χ1) is 13.5. The van der Waals surface area contributed by atoms with Crippen LogP contribution in [0.4, 0.5) is 4.79 Å². The number of thioether (sulfide) groups is 1. The first-order valence-corrected chi connectivity index (χ1v) is 9.39. The predicted molar refractivity (Wildman–Crippen MR) is 109 cm³/mol. The van der Waals surface area contributed by atoms with Crippen molar-refractivity contribution >= 4 is 45.7 Å². The lowest BCUT2D eigenvalue weighted by Crippen LogP contribution is -2.27. The Hall–Kier alpha value is -3.38. The lowest BCUT2D eigenvalue weighted by atomic mass is 10.1. The van der Waals surface area contributed by atoms with Gasteiger partial charge in [0.05, 0.1) is 17.0 Å². The Morgan fingerprint density at radius 1 is 0.964 bits per heavy atom. The van der Waals surface area contributed by atoms with Gasteiger partial charge in [-0.15, -0.1) is 0 Å². The van der Waals surface area contributed by atoms with Crippen LogP contribution >= 0.6 is 11.8 Å². The summed E-state index contributed by atoms with van der Waals surface area (Å²) < 4.78 is 0. The monoisotopic (exact) mass is 389 g/mol. The van der Waals surface area contributed by atoms with Crippen LogP contribution in [-0.4, -0.2) is 27.1 Å². The molecule has 1 aliphatic rings. The minimum absolute atomic E-state index is 0.111. The topological polar surface area (TPSA) is 74.7 Å². The Kier molecular flexibility index (Phi) is 4.71. The van der Waals surface area contributed by atoms with Crippen LogP contribution < -0.4 is 0 Å². The van der Waals surface area contributed by atoms with Gasteiger partial charge < -0.3 is 5.11 Å². The van der Waals surface area contributed by atoms with Gasteiger partial charge >= 0.3 is 5.97 Å². The zero-order valence-electron chi connectivity index (χ0n) is 14.7. The van der Waals surface area contributed by atoms with Crippen molar-refractivity contribution in [2.75, 3.05) is 0 Å². The second-order valence-electron chi connectivity index (χ2n) is 6.38. The number of fused-ring (bicyclic) bond motifs is 1. The smallest absolute Gasteiger partial charge is 0.335 e. The van der Waals surface area contributed by atoms with E-state index in [1.807, 2.05) is 42.5 Å². The van der Waals surface area contributed by atoms with E-state index in [0.29, 0.717) is 10.5 Å². The summed E-state index contributed by atoms with van der Waals surface area (Å²) in [6.07, 6.45) is 1.73. The van der Waals surface area contributed by atoms with Crippen molar-refractivity contribution in [3.8, 4) is 0 Å². The van der Waals surface area contributed by atoms with Gasteiger partial charge in [0.25, 0.3) is 11.1 Å². The fourth-order valence-corrected chi connectivity index (χ4v) is 3.86. The fourth-order valence-electron chi connectivity index (χ4n) is 3.02. The highest BCUT2D eigenvalue weighted by Crippen LogP contribution is 2.33. The molecule has 1 saturated heterocycles. The number of carboxylic acids is 1. The van der Waals surface area contributed by atoms with Crippen LogP contribution in [0.2, 0.25) is 0 Å². The van der Waals surface area contributed by atoms with Crippen molar-refractivity contribution in [2.45, 2.75) is 6.54 Å². The Balaban J connectivity index is 1.55. The average molecular weight is 389 g/mol. The molecule has 6 heteroatoms. The van der Waals surface area contributed by atoms with Crippen LogP contribution in [0.25, 0.3) is 16.8 Å². The standard InChI is InChI=1S/C22H15NO4S/c24-20-19(12-15-7-8-16-3-1-2-4-18(16)11-15)28-22(27)23(20)13-14-5-9-17(10-6-14)21(25)26/h1-12H,13H2,(H,25,26)/b19-12-. The summed E-state index contributed by atoms with van der Waals surface area (Å²) in [5, 5.41) is 10.8. The maximum absolute atomic E-state index is 12.7. The van der Waals surface area contributed by atoms with Crippen molar-refractivity contribution in [3.63, 3.8) is 0 Å². The van der Waals surface area contributed by atoms with E-state index in [-0.39, 0.29) is 23.3 Å². The van der Waals surface area contributed by atoms with Crippen LogP contribution in [0, 0.1) is 0 Å². The highest BCUT2D eigenvalue weighted by atomic mass is 32.2. The molecule has 1 aliphatic heterocycles. The van der Waals surface area contributed by atoms with Gasteiger partial charge in [0.1, 0.15) is 0 Å². The molecule has 0 atom stereocenters. The summed E-state index contributed by atoms with van der Waals surface area (Å²) in [6, 6.07) is 20.0. The maximum atomic E-state index is 12.7. The van der Waals surface area contributed by atoms with Crippen LogP contribution in [0.3, 0.4) is 0 Å². The number of amides is 2. The summed E-state index contributed by atoms with van der Waals surface area (Å²) in [7, 11) is 0. The van der Waals surface area contributed by atoms with Gasteiger partial charge in [0.15, 0.2) is 0 Å². The number of hydrogen-bond acceptors (Lipinski definition) is 4. The summed E-state index contributed by atoms with van der Waals surface area (Å²) >= 11 is 0.914. The van der Waals surface area contributed by atoms with E-state index in [9.17, 15) is 14.4 Å². The Morgan fingerprint density at radius 2 is 1.68 bits per heavy atom. The van der Waals surface area contributed by atoms with E-state index in [2.05, 4.69) is 0 Å². The Labute approximate surface area is 165 Å². The lowest BCUT2D eigenvalue weighted by Gasteiger charge is -2.12. The molecular formula is C22H15NO4S. The molecular weight excluding hydrogens is 374 g/mol. The second kappa shape index (κ2) is 7.32. The lowest BCUT2D eigenvalue weighted by molar-refractivity contribution is -0.123. The largest absolute Gasteiger partial charge is 0.478 e. The van der Waals surface area contributed by atoms with Crippen molar-refractivity contribution in [1.82, 2.24) is 4.90 Å². The highest BCUT2D eigenvalue weighted by molar-refractivity contribution is 8.18. The fraction of sp³-hybridized carbons (Fsp3) is 0.0455. The van der Waals surface area contributed by atoms with Gasteiger partial charge in [0.2, 0.25) is 0 Å². The molecule has 0 bridgehead atoms. The number of benzene rings is 3. The summed E-state index contributed by atoms with van der Waals surface area (Å²) in [4.78, 5) is 37.5. The molecule has 3 aromatic rings. The zero-order chi connectivity index (χ0) is 19.7. The maximum Gasteiger partial charge on any atom is 0.335 e. The van der Waals surface area contributed by atoms with Crippen molar-refractivity contribution in [2.24, 2.45) is 0 Å². The van der Waals surface area contributed by atoms with Gasteiger partial charge in [-0.25, -0.2) is 4.79 Å². The summed E-state index contributed by atoms with van der Waals surface area (Å²) in [6.45, 7) is 0.111. The molecule has 4 rings (SSSR count). The molecule has 2 amide bonds. The summed E-state index contributed by atoms with van der Waals surface area (Å²) in [5.74, 6) is -1.36. The van der Waals surface area contributed by atoms with E-state index < -0.39 is 5.97 Å². The third kappa shape index (κ3) is 3.54. The van der Waals surface area contributed by atoms with Gasteiger partial charge in [-0.05, 0) is 57.9 Å². The molecule has 0 aromatic heterocycles. The number of hydrogen-bond donors (Lipinski definition) is 1. The van der Waals surface area contributed by atoms with E-state index in [4.69, 9.17) is 5.11 Å². The Bertz CT molecular complexity index is 1130. The molecule has 0 unspecified atom stereocenters. The molecule has 1 N–H and O–H groups in total. The average Bonchev–Trinajstić information content (AvgIpc) is 2.95. The zero-order valence-corrected chi connectivity index (χ0v) is 15.5. The highest BCUT2D eigenvalue weighted by Gasteiger charge is 2.34. The Morgan fingerprint density at radius 3 is 2.39 bits per heavy atom. The quantitative estimate of drug-likeness (QED) is 0.650. The minimum Gasteiger partial charge on any atom is -0.478 e. The molecule has 5 nitrogen and oxygen atoms in total. The van der Waals surface area contributed by atoms with E-state index >= 15 is 0 Å². The van der Waals surface area contributed by atoms with Crippen molar-refractivity contribution < 1.29 is 19.5 Å². The van der Waals surface area contributed by atoms with Crippen molar-refractivity contribution in [1.29, 1.82) is 0 Å². The first kappa shape index (κ1) is 18.0. The first-order valence-electron chi connectivity index (χ1n) is 8.58. The molecule has 0 saturated carbocycles. The number of aromatic carboxylic acids is 1. The van der Waals surface area contributed by atoms with Crippen LogP contribution in [0.15, 0.2) is 71.6 Å². The van der Waals surface area contributed by atoms with Gasteiger partial charge in [0, 0.05) is 0 Å². The van der Waals surface area contributed by atoms with Crippen LogP contribution in [-0.2, 0) is 11.3 Å². The predicted octanol–water partition coefficient (Wildman–Crippen LogP) is 4.77. The molecule has 0 aliphatic carbocycles. The number of carbonyl (C=O) groups is 3. The molecule has 138 valence electrons. The molecule has 28 heavy (non-hydrogen) atoms. The molecule has 0 radical (unpaired) electrons. The number of rotatable bonds is 4. The van der Waals surface area contributed by atoms with Crippen LogP contribution in [0.5, 0.6) is 0 Å². The normalized spacial score (nSPS) is 15.6. The minimum atomic E-state index is -1.02. The third-order valence-corrected chi connectivity index (χ3v) is 5.39. The summed E-state index contributed by atoms with van der Waals surface area (Å²) in [5.41, 5.74) is 1.71. The van der Waals surface area contributed by atoms with E-state index in [1.54, 1.807) is 18.2 Å². The van der Waals surface area contributed by atoms with Crippen LogP contribution in [0.1, 0.15) is 21.5 Å². The SMILES string of the molecule is O=C(O)c1ccc(CN2C(=O)S/C(=C\c3ccc4ccccc4c3)C2=O)cc1. The molecule has 1 heterocycles. The van der Waals surface area contributed by atoms with Gasteiger partial charge in [-0.1, -0.05) is 48.5 Å². The van der Waals surface area contributed by atoms with Gasteiger partial charge in [-0.3, -0.25) is 14.5 Å². The second-order valence-corrected chi connectivity index (χ2v) is 7.37. The van der Waals surface area contributed by atoms with Crippen molar-refractivity contribution in [3.05, 3.63) is 88.3 Å². The molecule has 0 spiro atoms. The molecule has 3 aromatic carbocycles.